The van der Waals surface area contributed by atoms with Crippen LogP contribution in [0.2, 0.25) is 5.02 Å². The zero-order chi connectivity index (χ0) is 18.2. The third-order valence-corrected chi connectivity index (χ3v) is 5.81. The number of urea groups is 1. The summed E-state index contributed by atoms with van der Waals surface area (Å²) >= 11 is 6.23. The van der Waals surface area contributed by atoms with Crippen LogP contribution in [-0.2, 0) is 0 Å². The van der Waals surface area contributed by atoms with E-state index in [-0.39, 0.29) is 11.4 Å². The van der Waals surface area contributed by atoms with Gasteiger partial charge in [-0.05, 0) is 36.3 Å². The van der Waals surface area contributed by atoms with Crippen LogP contribution >= 0.6 is 11.6 Å². The van der Waals surface area contributed by atoms with Crippen molar-refractivity contribution in [1.29, 1.82) is 0 Å². The highest BCUT2D eigenvalue weighted by atomic mass is 35.5. The maximum absolute atomic E-state index is 11.8. The molecule has 2 amide bonds. The second-order valence-corrected chi connectivity index (χ2v) is 7.81. The van der Waals surface area contributed by atoms with Crippen LogP contribution in [-0.4, -0.2) is 46.4 Å². The summed E-state index contributed by atoms with van der Waals surface area (Å²) < 4.78 is 0. The minimum Gasteiger partial charge on any atom is -0.388 e. The van der Waals surface area contributed by atoms with Gasteiger partial charge in [0.05, 0.1) is 17.8 Å². The fraction of sp³-hybridized carbons (Fsp3) is 0.556. The first kappa shape index (κ1) is 18.0. The van der Waals surface area contributed by atoms with Crippen molar-refractivity contribution in [1.82, 2.24) is 20.4 Å². The number of aromatic nitrogens is 2. The van der Waals surface area contributed by atoms with E-state index in [9.17, 15) is 9.90 Å². The Hall–Kier alpha value is -1.79. The van der Waals surface area contributed by atoms with E-state index < -0.39 is 6.10 Å². The fourth-order valence-electron chi connectivity index (χ4n) is 3.87. The molecule has 3 N–H and O–H groups in total. The zero-order valence-electron chi connectivity index (χ0n) is 14.8. The summed E-state index contributed by atoms with van der Waals surface area (Å²) in [6.07, 6.45) is 2.77. The first-order valence-corrected chi connectivity index (χ1v) is 8.99. The van der Waals surface area contributed by atoms with Crippen molar-refractivity contribution >= 4 is 28.5 Å². The van der Waals surface area contributed by atoms with Crippen molar-refractivity contribution in [2.24, 2.45) is 11.3 Å². The molecule has 1 aliphatic rings. The molecule has 25 heavy (non-hydrogen) atoms. The molecule has 6 nitrogen and oxygen atoms in total. The van der Waals surface area contributed by atoms with Gasteiger partial charge >= 0.3 is 6.03 Å². The second-order valence-electron chi connectivity index (χ2n) is 7.37. The Labute approximate surface area is 152 Å². The van der Waals surface area contributed by atoms with Crippen molar-refractivity contribution in [2.45, 2.75) is 32.8 Å². The number of fused-ring (bicyclic) bond motifs is 1. The molecular weight excluding hydrogens is 340 g/mol. The average Bonchev–Trinajstić information content (AvgIpc) is 3.08. The monoisotopic (exact) mass is 364 g/mol. The number of amides is 2. The predicted octanol–water partition coefficient (Wildman–Crippen LogP) is 3.33. The molecule has 1 aromatic carbocycles. The molecule has 7 heteroatoms. The summed E-state index contributed by atoms with van der Waals surface area (Å²) in [7, 11) is 1.65. The Morgan fingerprint density at radius 2 is 2.12 bits per heavy atom. The number of hydrogen-bond donors (Lipinski definition) is 3. The summed E-state index contributed by atoms with van der Waals surface area (Å²) in [6, 6.07) is 3.62. The number of aromatic amines is 1. The maximum Gasteiger partial charge on any atom is 0.317 e. The molecule has 3 rings (SSSR count). The van der Waals surface area contributed by atoms with Gasteiger partial charge in [0.2, 0.25) is 0 Å². The Morgan fingerprint density at radius 3 is 2.76 bits per heavy atom. The lowest BCUT2D eigenvalue weighted by Crippen LogP contribution is -2.46. The van der Waals surface area contributed by atoms with E-state index in [1.165, 1.54) is 0 Å². The molecule has 136 valence electrons. The number of H-pyrrole nitrogens is 1. The number of carbonyl (C=O) groups excluding carboxylic acids is 1. The van der Waals surface area contributed by atoms with Gasteiger partial charge in [0, 0.05) is 36.1 Å². The SMILES string of the molecule is CNC(=O)N1CCC(C(C)(C)[C@@H](O)c2cc(Cl)cc3cn[nH]c23)CC1. The largest absolute Gasteiger partial charge is 0.388 e. The number of hydrogen-bond acceptors (Lipinski definition) is 3. The number of halogens is 1. The van der Waals surface area contributed by atoms with Gasteiger partial charge in [0.25, 0.3) is 0 Å². The smallest absolute Gasteiger partial charge is 0.317 e. The van der Waals surface area contributed by atoms with E-state index >= 15 is 0 Å². The Morgan fingerprint density at radius 1 is 1.44 bits per heavy atom. The molecule has 1 aromatic heterocycles. The van der Waals surface area contributed by atoms with E-state index in [0.29, 0.717) is 24.0 Å². The van der Waals surface area contributed by atoms with Crippen LogP contribution in [0.3, 0.4) is 0 Å². The third kappa shape index (κ3) is 3.33. The van der Waals surface area contributed by atoms with E-state index in [1.54, 1.807) is 13.2 Å². The lowest BCUT2D eigenvalue weighted by atomic mass is 9.68. The normalized spacial score (nSPS) is 17.7. The van der Waals surface area contributed by atoms with Crippen LogP contribution in [0.1, 0.15) is 38.4 Å². The number of benzene rings is 1. The van der Waals surface area contributed by atoms with E-state index in [2.05, 4.69) is 29.4 Å². The van der Waals surface area contributed by atoms with E-state index in [0.717, 1.165) is 29.3 Å². The van der Waals surface area contributed by atoms with Crippen LogP contribution in [0.4, 0.5) is 4.79 Å². The quantitative estimate of drug-likeness (QED) is 0.781. The van der Waals surface area contributed by atoms with Gasteiger partial charge in [0.1, 0.15) is 0 Å². The molecule has 0 aliphatic carbocycles. The molecule has 1 atom stereocenters. The van der Waals surface area contributed by atoms with Crippen molar-refractivity contribution in [3.05, 3.63) is 28.9 Å². The average molecular weight is 365 g/mol. The van der Waals surface area contributed by atoms with Crippen molar-refractivity contribution in [3.63, 3.8) is 0 Å². The number of nitrogens with zero attached hydrogens (tertiary/aromatic N) is 2. The van der Waals surface area contributed by atoms with Crippen molar-refractivity contribution in [3.8, 4) is 0 Å². The Balaban J connectivity index is 1.82. The fourth-order valence-corrected chi connectivity index (χ4v) is 4.11. The number of rotatable bonds is 3. The predicted molar refractivity (Wildman–Crippen MR) is 98.6 cm³/mol. The molecule has 2 aromatic rings. The summed E-state index contributed by atoms with van der Waals surface area (Å²) in [5.74, 6) is 0.306. The van der Waals surface area contributed by atoms with Crippen LogP contribution in [0, 0.1) is 11.3 Å². The van der Waals surface area contributed by atoms with Crippen LogP contribution in [0.25, 0.3) is 10.9 Å². The minimum absolute atomic E-state index is 0.0363. The third-order valence-electron chi connectivity index (χ3n) is 5.59. The summed E-state index contributed by atoms with van der Waals surface area (Å²) in [5, 5.41) is 22.4. The molecule has 0 bridgehead atoms. The van der Waals surface area contributed by atoms with Crippen molar-refractivity contribution < 1.29 is 9.90 Å². The first-order chi connectivity index (χ1) is 11.8. The number of aliphatic hydroxyl groups excluding tert-OH is 1. The number of nitrogens with one attached hydrogen (secondary N) is 2. The molecule has 1 fully saturated rings. The summed E-state index contributed by atoms with van der Waals surface area (Å²) in [4.78, 5) is 13.6. The van der Waals surface area contributed by atoms with Crippen molar-refractivity contribution in [2.75, 3.05) is 20.1 Å². The molecule has 1 saturated heterocycles. The van der Waals surface area contributed by atoms with Gasteiger partial charge in [-0.25, -0.2) is 4.79 Å². The summed E-state index contributed by atoms with van der Waals surface area (Å²) in [5.41, 5.74) is 1.25. The second kappa shape index (κ2) is 6.84. The van der Waals surface area contributed by atoms with Gasteiger partial charge in [0.15, 0.2) is 0 Å². The van der Waals surface area contributed by atoms with Crippen LogP contribution in [0.15, 0.2) is 18.3 Å². The van der Waals surface area contributed by atoms with Crippen LogP contribution in [0.5, 0.6) is 0 Å². The van der Waals surface area contributed by atoms with Gasteiger partial charge in [-0.15, -0.1) is 0 Å². The summed E-state index contributed by atoms with van der Waals surface area (Å²) in [6.45, 7) is 5.58. The molecule has 0 spiro atoms. The Bertz CT molecular complexity index is 766. The molecule has 0 saturated carbocycles. The topological polar surface area (TPSA) is 81.2 Å². The molecule has 0 radical (unpaired) electrons. The van der Waals surface area contributed by atoms with E-state index in [1.807, 2.05) is 17.0 Å². The molecule has 0 unspecified atom stereocenters. The molecular formula is C18H25ClN4O2. The van der Waals surface area contributed by atoms with Gasteiger partial charge in [-0.2, -0.15) is 5.10 Å². The van der Waals surface area contributed by atoms with Crippen LogP contribution < -0.4 is 5.32 Å². The standard InChI is InChI=1S/C18H25ClN4O2/c1-18(2,12-4-6-23(7-5-12)17(25)20-3)16(24)14-9-13(19)8-11-10-21-22-15(11)14/h8-10,12,16,24H,4-7H2,1-3H3,(H,20,25)(H,21,22)/t16-/m0/s1. The zero-order valence-corrected chi connectivity index (χ0v) is 15.6. The number of carbonyl (C=O) groups is 1. The lowest BCUT2D eigenvalue weighted by Gasteiger charge is -2.43. The lowest BCUT2D eigenvalue weighted by molar-refractivity contribution is -0.0142. The number of aliphatic hydroxyl groups is 1. The molecule has 1 aliphatic heterocycles. The highest BCUT2D eigenvalue weighted by Crippen LogP contribution is 2.46. The minimum atomic E-state index is -0.675. The highest BCUT2D eigenvalue weighted by molar-refractivity contribution is 6.31. The number of likely N-dealkylation sites (tertiary alicyclic amines) is 1. The Kier molecular flexibility index (Phi) is 4.93. The molecule has 2 heterocycles. The van der Waals surface area contributed by atoms with E-state index in [4.69, 9.17) is 11.6 Å². The van der Waals surface area contributed by atoms with Gasteiger partial charge in [-0.3, -0.25) is 5.10 Å². The maximum atomic E-state index is 11.8. The number of piperidine rings is 1. The highest BCUT2D eigenvalue weighted by Gasteiger charge is 2.40. The first-order valence-electron chi connectivity index (χ1n) is 8.62. The van der Waals surface area contributed by atoms with Gasteiger partial charge < -0.3 is 15.3 Å². The van der Waals surface area contributed by atoms with Gasteiger partial charge in [-0.1, -0.05) is 25.4 Å².